The fraction of sp³-hybridized carbons (Fsp3) is 0.389. The third-order valence-corrected chi connectivity index (χ3v) is 3.57. The highest BCUT2D eigenvalue weighted by Gasteiger charge is 2.17. The van der Waals surface area contributed by atoms with Crippen molar-refractivity contribution in [3.63, 3.8) is 0 Å². The number of halogens is 1. The number of Topliss-reactive ketones (excluding diaryl/α,β-unsaturated/α-hetero) is 1. The van der Waals surface area contributed by atoms with E-state index >= 15 is 0 Å². The topological polar surface area (TPSA) is 48.0 Å². The molecule has 0 bridgehead atoms. The minimum Gasteiger partial charge on any atom is -0.343 e. The van der Waals surface area contributed by atoms with Crippen molar-refractivity contribution in [1.29, 1.82) is 0 Å². The first-order chi connectivity index (χ1) is 10.3. The van der Waals surface area contributed by atoms with E-state index in [1.807, 2.05) is 35.0 Å². The summed E-state index contributed by atoms with van der Waals surface area (Å²) in [6.45, 7) is 6.77. The standard InChI is InChI=1S/C18H23FN2O/c1-18(2,3)9-17(22)15-4-5-16-14(8-15)6-7-21(16)12-13(10-19)11-20/h4-8,10H,9,11-12,20H2,1-3H3/b13-10+. The molecule has 0 amide bonds. The summed E-state index contributed by atoms with van der Waals surface area (Å²) in [6, 6.07) is 7.60. The minimum atomic E-state index is -0.0279. The van der Waals surface area contributed by atoms with Crippen LogP contribution in [0.1, 0.15) is 37.6 Å². The van der Waals surface area contributed by atoms with Gasteiger partial charge in [-0.25, -0.2) is 4.39 Å². The molecule has 0 atom stereocenters. The monoisotopic (exact) mass is 302 g/mol. The number of benzene rings is 1. The van der Waals surface area contributed by atoms with E-state index in [0.717, 1.165) is 16.5 Å². The van der Waals surface area contributed by atoms with Gasteiger partial charge in [-0.2, -0.15) is 0 Å². The molecule has 3 nitrogen and oxygen atoms in total. The smallest absolute Gasteiger partial charge is 0.163 e. The van der Waals surface area contributed by atoms with Crippen molar-refractivity contribution < 1.29 is 9.18 Å². The average Bonchev–Trinajstić information content (AvgIpc) is 2.85. The molecule has 0 spiro atoms. The molecule has 0 aliphatic heterocycles. The molecular formula is C18H23FN2O. The first-order valence-electron chi connectivity index (χ1n) is 7.44. The fourth-order valence-corrected chi connectivity index (χ4v) is 2.46. The fourth-order valence-electron chi connectivity index (χ4n) is 2.46. The summed E-state index contributed by atoms with van der Waals surface area (Å²) in [4.78, 5) is 12.3. The Hall–Kier alpha value is -1.94. The highest BCUT2D eigenvalue weighted by Crippen LogP contribution is 2.24. The zero-order chi connectivity index (χ0) is 16.3. The van der Waals surface area contributed by atoms with Gasteiger partial charge in [0.1, 0.15) is 0 Å². The molecular weight excluding hydrogens is 279 g/mol. The van der Waals surface area contributed by atoms with Gasteiger partial charge in [0.05, 0.1) is 6.33 Å². The number of nitrogens with zero attached hydrogens (tertiary/aromatic N) is 1. The van der Waals surface area contributed by atoms with Crippen molar-refractivity contribution in [2.45, 2.75) is 33.7 Å². The molecule has 0 saturated heterocycles. The summed E-state index contributed by atoms with van der Waals surface area (Å²) >= 11 is 0. The molecule has 22 heavy (non-hydrogen) atoms. The Kier molecular flexibility index (Phi) is 4.81. The van der Waals surface area contributed by atoms with E-state index in [2.05, 4.69) is 20.8 Å². The molecule has 2 aromatic rings. The van der Waals surface area contributed by atoms with Crippen molar-refractivity contribution in [2.24, 2.45) is 11.1 Å². The Morgan fingerprint density at radius 3 is 2.64 bits per heavy atom. The predicted octanol–water partition coefficient (Wildman–Crippen LogP) is 4.07. The number of hydrogen-bond donors (Lipinski definition) is 1. The van der Waals surface area contributed by atoms with Crippen molar-refractivity contribution >= 4 is 16.7 Å². The highest BCUT2D eigenvalue weighted by atomic mass is 19.1. The first-order valence-corrected chi connectivity index (χ1v) is 7.44. The minimum absolute atomic E-state index is 0.0279. The SMILES string of the molecule is CC(C)(C)CC(=O)c1ccc2c(ccn2C/C(=C/F)CN)c1. The summed E-state index contributed by atoms with van der Waals surface area (Å²) in [5.41, 5.74) is 7.70. The maximum Gasteiger partial charge on any atom is 0.163 e. The number of ketones is 1. The predicted molar refractivity (Wildman–Crippen MR) is 88.6 cm³/mol. The summed E-state index contributed by atoms with van der Waals surface area (Å²) < 4.78 is 14.6. The molecule has 2 rings (SSSR count). The average molecular weight is 302 g/mol. The van der Waals surface area contributed by atoms with Crippen LogP contribution in [0.4, 0.5) is 4.39 Å². The van der Waals surface area contributed by atoms with Crippen LogP contribution in [0.3, 0.4) is 0 Å². The lowest BCUT2D eigenvalue weighted by molar-refractivity contribution is 0.0940. The van der Waals surface area contributed by atoms with Gasteiger partial charge >= 0.3 is 0 Å². The molecule has 0 fully saturated rings. The van der Waals surface area contributed by atoms with Gasteiger partial charge in [0.15, 0.2) is 5.78 Å². The van der Waals surface area contributed by atoms with Crippen LogP contribution in [-0.4, -0.2) is 16.9 Å². The molecule has 1 aromatic carbocycles. The van der Waals surface area contributed by atoms with E-state index in [4.69, 9.17) is 5.73 Å². The van der Waals surface area contributed by atoms with Crippen molar-refractivity contribution in [2.75, 3.05) is 6.54 Å². The zero-order valence-electron chi connectivity index (χ0n) is 13.4. The molecule has 0 unspecified atom stereocenters. The Labute approximate surface area is 130 Å². The molecule has 1 heterocycles. The van der Waals surface area contributed by atoms with E-state index in [1.165, 1.54) is 0 Å². The van der Waals surface area contributed by atoms with Gasteiger partial charge in [-0.3, -0.25) is 4.79 Å². The van der Waals surface area contributed by atoms with Crippen molar-refractivity contribution in [3.8, 4) is 0 Å². The summed E-state index contributed by atoms with van der Waals surface area (Å²) in [6.07, 6.45) is 2.97. The molecule has 2 N–H and O–H groups in total. The van der Waals surface area contributed by atoms with Gasteiger partial charge in [-0.05, 0) is 35.3 Å². The molecule has 0 aliphatic rings. The number of fused-ring (bicyclic) bond motifs is 1. The van der Waals surface area contributed by atoms with Crippen LogP contribution in [0.25, 0.3) is 10.9 Å². The quantitative estimate of drug-likeness (QED) is 0.846. The lowest BCUT2D eigenvalue weighted by Crippen LogP contribution is -2.13. The number of carbonyl (C=O) groups is 1. The first kappa shape index (κ1) is 16.4. The van der Waals surface area contributed by atoms with E-state index in [-0.39, 0.29) is 17.7 Å². The Bertz CT molecular complexity index is 707. The van der Waals surface area contributed by atoms with E-state index < -0.39 is 0 Å². The Morgan fingerprint density at radius 2 is 2.05 bits per heavy atom. The molecule has 4 heteroatoms. The van der Waals surface area contributed by atoms with Gasteiger partial charge in [-0.15, -0.1) is 0 Å². The number of carbonyl (C=O) groups excluding carboxylic acids is 1. The Morgan fingerprint density at radius 1 is 1.32 bits per heavy atom. The zero-order valence-corrected chi connectivity index (χ0v) is 13.4. The second kappa shape index (κ2) is 6.44. The molecule has 118 valence electrons. The van der Waals surface area contributed by atoms with Gasteiger partial charge < -0.3 is 10.3 Å². The van der Waals surface area contributed by atoms with Gasteiger partial charge in [-0.1, -0.05) is 20.8 Å². The van der Waals surface area contributed by atoms with Crippen molar-refractivity contribution in [3.05, 3.63) is 47.9 Å². The lowest BCUT2D eigenvalue weighted by Gasteiger charge is -2.16. The summed E-state index contributed by atoms with van der Waals surface area (Å²) in [7, 11) is 0. The number of rotatable bonds is 5. The normalized spacial score (nSPS) is 12.9. The van der Waals surface area contributed by atoms with Crippen LogP contribution >= 0.6 is 0 Å². The van der Waals surface area contributed by atoms with Crippen LogP contribution < -0.4 is 5.73 Å². The molecule has 0 aliphatic carbocycles. The second-order valence-corrected chi connectivity index (χ2v) is 6.85. The van der Waals surface area contributed by atoms with E-state index in [0.29, 0.717) is 24.9 Å². The highest BCUT2D eigenvalue weighted by molar-refractivity contribution is 5.99. The Balaban J connectivity index is 2.28. The van der Waals surface area contributed by atoms with Gasteiger partial charge in [0.25, 0.3) is 0 Å². The maximum atomic E-state index is 12.7. The lowest BCUT2D eigenvalue weighted by atomic mass is 9.88. The van der Waals surface area contributed by atoms with Gasteiger partial charge in [0.2, 0.25) is 0 Å². The van der Waals surface area contributed by atoms with Crippen LogP contribution in [0, 0.1) is 5.41 Å². The van der Waals surface area contributed by atoms with E-state index in [9.17, 15) is 9.18 Å². The van der Waals surface area contributed by atoms with Crippen LogP contribution in [0.15, 0.2) is 42.4 Å². The van der Waals surface area contributed by atoms with Crippen molar-refractivity contribution in [1.82, 2.24) is 4.57 Å². The third-order valence-electron chi connectivity index (χ3n) is 3.57. The van der Waals surface area contributed by atoms with Crippen LogP contribution in [0.2, 0.25) is 0 Å². The van der Waals surface area contributed by atoms with Crippen LogP contribution in [-0.2, 0) is 6.54 Å². The number of hydrogen-bond acceptors (Lipinski definition) is 2. The largest absolute Gasteiger partial charge is 0.343 e. The van der Waals surface area contributed by atoms with E-state index in [1.54, 1.807) is 0 Å². The van der Waals surface area contributed by atoms with Gasteiger partial charge in [0, 0.05) is 42.2 Å². The third kappa shape index (κ3) is 3.83. The summed E-state index contributed by atoms with van der Waals surface area (Å²) in [5, 5.41) is 0.981. The maximum absolute atomic E-state index is 12.7. The molecule has 0 saturated carbocycles. The number of nitrogens with two attached hydrogens (primary N) is 1. The van der Waals surface area contributed by atoms with Crippen LogP contribution in [0.5, 0.6) is 0 Å². The second-order valence-electron chi connectivity index (χ2n) is 6.85. The molecule has 1 aromatic heterocycles. The number of aromatic nitrogens is 1. The molecule has 0 radical (unpaired) electrons. The summed E-state index contributed by atoms with van der Waals surface area (Å²) in [5.74, 6) is 0.147.